The summed E-state index contributed by atoms with van der Waals surface area (Å²) in [6, 6.07) is 23.0. The third-order valence-corrected chi connectivity index (χ3v) is 9.66. The lowest BCUT2D eigenvalue weighted by Gasteiger charge is -2.43. The van der Waals surface area contributed by atoms with E-state index in [1.165, 1.54) is 0 Å². The van der Waals surface area contributed by atoms with Crippen LogP contribution in [0.5, 0.6) is 0 Å². The molecule has 0 spiro atoms. The maximum absolute atomic E-state index is 13.0. The van der Waals surface area contributed by atoms with Crippen LogP contribution in [-0.2, 0) is 32.2 Å². The van der Waals surface area contributed by atoms with Crippen LogP contribution in [-0.4, -0.2) is 76.3 Å². The fraction of sp³-hybridized carbons (Fsp3) is 0.459. The predicted molar refractivity (Wildman–Crippen MR) is 176 cm³/mol. The molecule has 49 heavy (non-hydrogen) atoms. The van der Waals surface area contributed by atoms with Crippen molar-refractivity contribution in [3.05, 3.63) is 107 Å². The van der Waals surface area contributed by atoms with Crippen LogP contribution in [0.1, 0.15) is 73.0 Å². The largest absolute Gasteiger partial charge is 0.471 e. The van der Waals surface area contributed by atoms with Crippen LogP contribution >= 0.6 is 0 Å². The van der Waals surface area contributed by atoms with E-state index in [2.05, 4.69) is 17.1 Å². The molecule has 7 atom stereocenters. The van der Waals surface area contributed by atoms with Gasteiger partial charge in [-0.05, 0) is 49.1 Å². The van der Waals surface area contributed by atoms with Crippen molar-refractivity contribution in [1.29, 1.82) is 0 Å². The highest BCUT2D eigenvalue weighted by Gasteiger charge is 2.47. The molecule has 3 aromatic carbocycles. The number of aliphatic hydroxyl groups excluding tert-OH is 2. The number of carbonyl (C=O) groups is 2. The van der Waals surface area contributed by atoms with Crippen molar-refractivity contribution in [2.75, 3.05) is 20.1 Å². The monoisotopic (exact) mass is 683 g/mol. The summed E-state index contributed by atoms with van der Waals surface area (Å²) < 4.78 is 52.1. The molecule has 9 nitrogen and oxygen atoms in total. The Kier molecular flexibility index (Phi) is 11.8. The van der Waals surface area contributed by atoms with E-state index in [4.69, 9.17) is 9.47 Å². The maximum atomic E-state index is 13.0. The molecule has 3 N–H and O–H groups in total. The van der Waals surface area contributed by atoms with Crippen LogP contribution in [0.2, 0.25) is 0 Å². The summed E-state index contributed by atoms with van der Waals surface area (Å²) in [5.41, 5.74) is 4.00. The van der Waals surface area contributed by atoms with Gasteiger partial charge in [0.25, 0.3) is 0 Å². The highest BCUT2D eigenvalue weighted by atomic mass is 19.4. The van der Waals surface area contributed by atoms with E-state index in [0.29, 0.717) is 23.4 Å². The Hall–Kier alpha value is -3.81. The Morgan fingerprint density at radius 2 is 1.61 bits per heavy atom. The summed E-state index contributed by atoms with van der Waals surface area (Å²) >= 11 is 0. The molecular formula is C37H44F3N3O6. The van der Waals surface area contributed by atoms with E-state index in [1.807, 2.05) is 80.7 Å². The number of nitrogens with zero attached hydrogens (tertiary/aromatic N) is 2. The van der Waals surface area contributed by atoms with Gasteiger partial charge in [-0.1, -0.05) is 85.8 Å². The standard InChI is InChI=1S/C37H44F3N3O6/c1-23-31(21-42(3)24(2)32(45)27-8-5-4-6-9-27)48-35(49-33(23)28-15-13-26(22-44)14-16-28)29-17-11-25(12-18-29)20-41-34(46)30-10-7-19-43(30)36(47)37(38,39)40/h4-6,8-9,11-18,23-24,30-33,35,44-45H,7,10,19-22H2,1-3H3,(H,41,46)/t23-,24-,30+,31+,32-,33+,35+/m1/s1. The smallest absolute Gasteiger partial charge is 0.392 e. The minimum absolute atomic E-state index is 0.0699. The lowest BCUT2D eigenvalue weighted by Crippen LogP contribution is -2.50. The summed E-state index contributed by atoms with van der Waals surface area (Å²) in [6.45, 7) is 4.44. The second-order valence-corrected chi connectivity index (χ2v) is 13.0. The van der Waals surface area contributed by atoms with Gasteiger partial charge >= 0.3 is 12.1 Å². The lowest BCUT2D eigenvalue weighted by molar-refractivity contribution is -0.276. The SMILES string of the molecule is C[C@@H]1[C@H](CN(C)[C@H](C)[C@@H](O)c2ccccc2)O[C@H](c2ccc(CNC(=O)[C@@H]3CCCN3C(=O)C(F)(F)F)cc2)O[C@@H]1c1ccc(CO)cc1. The van der Waals surface area contributed by atoms with Crippen LogP contribution < -0.4 is 5.32 Å². The molecule has 0 unspecified atom stereocenters. The zero-order valence-corrected chi connectivity index (χ0v) is 27.8. The summed E-state index contributed by atoms with van der Waals surface area (Å²) in [6.07, 6.45) is -6.60. The third kappa shape index (κ3) is 8.68. The first kappa shape index (κ1) is 36.5. The molecule has 0 aromatic heterocycles. The Balaban J connectivity index is 1.28. The molecule has 2 saturated heterocycles. The molecule has 2 amide bonds. The number of nitrogens with one attached hydrogen (secondary N) is 1. The number of alkyl halides is 3. The number of ether oxygens (including phenoxy) is 2. The molecule has 2 aliphatic rings. The van der Waals surface area contributed by atoms with Crippen molar-refractivity contribution in [2.45, 2.75) is 82.7 Å². The van der Waals surface area contributed by atoms with Gasteiger partial charge in [0, 0.05) is 37.2 Å². The Morgan fingerprint density at radius 3 is 2.24 bits per heavy atom. The molecule has 12 heteroatoms. The Bertz CT molecular complexity index is 1540. The summed E-state index contributed by atoms with van der Waals surface area (Å²) in [4.78, 5) is 27.2. The number of aliphatic hydroxyl groups is 2. The van der Waals surface area contributed by atoms with Gasteiger partial charge in [-0.15, -0.1) is 0 Å². The first-order valence-corrected chi connectivity index (χ1v) is 16.6. The lowest BCUT2D eigenvalue weighted by atomic mass is 9.89. The second kappa shape index (κ2) is 15.8. The number of carbonyl (C=O) groups excluding carboxylic acids is 2. The van der Waals surface area contributed by atoms with E-state index >= 15 is 0 Å². The first-order valence-electron chi connectivity index (χ1n) is 16.6. The zero-order valence-electron chi connectivity index (χ0n) is 27.8. The van der Waals surface area contributed by atoms with Gasteiger partial charge in [0.1, 0.15) is 6.04 Å². The van der Waals surface area contributed by atoms with Gasteiger partial charge in [-0.3, -0.25) is 14.5 Å². The molecule has 0 saturated carbocycles. The van der Waals surface area contributed by atoms with E-state index in [1.54, 1.807) is 12.1 Å². The van der Waals surface area contributed by atoms with Gasteiger partial charge in [0.05, 0.1) is 24.9 Å². The van der Waals surface area contributed by atoms with Crippen molar-refractivity contribution < 1.29 is 42.4 Å². The Labute approximate surface area is 284 Å². The van der Waals surface area contributed by atoms with Crippen molar-refractivity contribution in [1.82, 2.24) is 15.1 Å². The number of likely N-dealkylation sites (N-methyl/N-ethyl adjacent to an activating group) is 1. The summed E-state index contributed by atoms with van der Waals surface area (Å²) in [5, 5.41) is 23.3. The van der Waals surface area contributed by atoms with E-state index in [0.717, 1.165) is 22.3 Å². The van der Waals surface area contributed by atoms with Crippen molar-refractivity contribution >= 4 is 11.8 Å². The molecule has 264 valence electrons. The number of hydrogen-bond donors (Lipinski definition) is 3. The number of likely N-dealkylation sites (tertiary alicyclic amines) is 1. The molecule has 2 fully saturated rings. The number of rotatable bonds is 11. The fourth-order valence-electron chi connectivity index (χ4n) is 6.49. The summed E-state index contributed by atoms with van der Waals surface area (Å²) in [7, 11) is 1.95. The molecule has 0 aliphatic carbocycles. The summed E-state index contributed by atoms with van der Waals surface area (Å²) in [5.74, 6) is -2.69. The van der Waals surface area contributed by atoms with Gasteiger partial charge < -0.3 is 29.9 Å². The molecular weight excluding hydrogens is 639 g/mol. The van der Waals surface area contributed by atoms with Crippen LogP contribution in [0.3, 0.4) is 0 Å². The minimum atomic E-state index is -5.03. The second-order valence-electron chi connectivity index (χ2n) is 13.0. The topological polar surface area (TPSA) is 112 Å². The first-order chi connectivity index (χ1) is 23.4. The average molecular weight is 684 g/mol. The highest BCUT2D eigenvalue weighted by Crippen LogP contribution is 2.42. The molecule has 2 aliphatic heterocycles. The van der Waals surface area contributed by atoms with Crippen molar-refractivity contribution in [3.8, 4) is 0 Å². The number of hydrogen-bond acceptors (Lipinski definition) is 7. The number of amides is 2. The third-order valence-electron chi connectivity index (χ3n) is 9.66. The van der Waals surface area contributed by atoms with Crippen LogP contribution in [0.4, 0.5) is 13.2 Å². The predicted octanol–water partition coefficient (Wildman–Crippen LogP) is 5.19. The molecule has 0 bridgehead atoms. The number of benzene rings is 3. The van der Waals surface area contributed by atoms with Crippen LogP contribution in [0.25, 0.3) is 0 Å². The van der Waals surface area contributed by atoms with Crippen molar-refractivity contribution in [3.63, 3.8) is 0 Å². The van der Waals surface area contributed by atoms with Gasteiger partial charge in [0.15, 0.2) is 6.29 Å². The average Bonchev–Trinajstić information content (AvgIpc) is 3.61. The van der Waals surface area contributed by atoms with E-state index in [-0.39, 0.29) is 50.3 Å². The van der Waals surface area contributed by atoms with Crippen molar-refractivity contribution in [2.24, 2.45) is 5.92 Å². The van der Waals surface area contributed by atoms with E-state index in [9.17, 15) is 33.0 Å². The van der Waals surface area contributed by atoms with Crippen LogP contribution in [0.15, 0.2) is 78.9 Å². The normalized spacial score (nSPS) is 24.1. The highest BCUT2D eigenvalue weighted by molar-refractivity contribution is 5.90. The zero-order chi connectivity index (χ0) is 35.3. The maximum Gasteiger partial charge on any atom is 0.471 e. The molecule has 2 heterocycles. The molecule has 5 rings (SSSR count). The Morgan fingerprint density at radius 1 is 0.980 bits per heavy atom. The number of halogens is 3. The van der Waals surface area contributed by atoms with Gasteiger partial charge in [0.2, 0.25) is 5.91 Å². The van der Waals surface area contributed by atoms with E-state index < -0.39 is 36.4 Å². The van der Waals surface area contributed by atoms with Crippen LogP contribution in [0, 0.1) is 5.92 Å². The minimum Gasteiger partial charge on any atom is -0.392 e. The van der Waals surface area contributed by atoms with Gasteiger partial charge in [-0.2, -0.15) is 13.2 Å². The van der Waals surface area contributed by atoms with Gasteiger partial charge in [-0.25, -0.2) is 0 Å². The molecule has 3 aromatic rings. The quantitative estimate of drug-likeness (QED) is 0.255. The fourth-order valence-corrected chi connectivity index (χ4v) is 6.49. The molecule has 0 radical (unpaired) electrons.